The highest BCUT2D eigenvalue weighted by Crippen LogP contribution is 2.30. The molecule has 0 aliphatic heterocycles. The summed E-state index contributed by atoms with van der Waals surface area (Å²) in [5.74, 6) is -1.72. The molecule has 0 aliphatic carbocycles. The molecule has 0 fully saturated rings. The molecular formula is C28H24FNO4. The smallest absolute Gasteiger partial charge is 0.326 e. The number of fused-ring (bicyclic) bond motifs is 1. The highest BCUT2D eigenvalue weighted by molar-refractivity contribution is 6.04. The Morgan fingerprint density at radius 1 is 0.853 bits per heavy atom. The van der Waals surface area contributed by atoms with Crippen LogP contribution in [0.4, 0.5) is 4.39 Å². The van der Waals surface area contributed by atoms with Gasteiger partial charge in [-0.25, -0.2) is 9.18 Å². The lowest BCUT2D eigenvalue weighted by atomic mass is 10.0. The maximum absolute atomic E-state index is 13.2. The molecule has 0 saturated heterocycles. The highest BCUT2D eigenvalue weighted by Gasteiger charge is 2.24. The zero-order valence-corrected chi connectivity index (χ0v) is 18.4. The normalized spacial score (nSPS) is 11.7. The molecule has 5 nitrogen and oxygen atoms in total. The second kappa shape index (κ2) is 10.6. The van der Waals surface area contributed by atoms with Crippen LogP contribution in [-0.4, -0.2) is 29.6 Å². The van der Waals surface area contributed by atoms with Crippen LogP contribution >= 0.6 is 0 Å². The largest absolute Gasteiger partial charge is 0.492 e. The van der Waals surface area contributed by atoms with Crippen LogP contribution in [0.5, 0.6) is 5.75 Å². The van der Waals surface area contributed by atoms with Gasteiger partial charge in [0.25, 0.3) is 5.91 Å². The second-order valence-electron chi connectivity index (χ2n) is 7.94. The van der Waals surface area contributed by atoms with Crippen LogP contribution in [0.3, 0.4) is 0 Å². The van der Waals surface area contributed by atoms with Crippen LogP contribution in [0.1, 0.15) is 21.5 Å². The minimum absolute atomic E-state index is 0.0269. The fourth-order valence-corrected chi connectivity index (χ4v) is 3.79. The number of hydrogen-bond acceptors (Lipinski definition) is 3. The lowest BCUT2D eigenvalue weighted by molar-refractivity contribution is -0.139. The van der Waals surface area contributed by atoms with Gasteiger partial charge < -0.3 is 15.2 Å². The van der Waals surface area contributed by atoms with Gasteiger partial charge in [0.1, 0.15) is 17.6 Å². The van der Waals surface area contributed by atoms with Crippen molar-refractivity contribution in [2.75, 3.05) is 6.61 Å². The Labute approximate surface area is 196 Å². The first-order valence-electron chi connectivity index (χ1n) is 11.0. The van der Waals surface area contributed by atoms with Crippen molar-refractivity contribution in [1.29, 1.82) is 0 Å². The van der Waals surface area contributed by atoms with Gasteiger partial charge in [0.15, 0.2) is 0 Å². The summed E-state index contributed by atoms with van der Waals surface area (Å²) in [7, 11) is 0. The van der Waals surface area contributed by atoms with E-state index >= 15 is 0 Å². The Hall–Kier alpha value is -4.19. The van der Waals surface area contributed by atoms with E-state index < -0.39 is 23.7 Å². The summed E-state index contributed by atoms with van der Waals surface area (Å²) >= 11 is 0. The predicted octanol–water partition coefficient (Wildman–Crippen LogP) is 5.03. The summed E-state index contributed by atoms with van der Waals surface area (Å²) in [5.41, 5.74) is 1.98. The molecule has 4 rings (SSSR count). The monoisotopic (exact) mass is 457 g/mol. The van der Waals surface area contributed by atoms with Gasteiger partial charge in [-0.3, -0.25) is 4.79 Å². The maximum Gasteiger partial charge on any atom is 0.326 e. The summed E-state index contributed by atoms with van der Waals surface area (Å²) in [4.78, 5) is 25.0. The number of benzene rings is 4. The molecule has 0 aromatic heterocycles. The third-order valence-electron chi connectivity index (χ3n) is 5.56. The molecule has 1 atom stereocenters. The van der Waals surface area contributed by atoms with E-state index in [4.69, 9.17) is 4.74 Å². The number of aliphatic carboxylic acids is 1. The molecule has 4 aromatic rings. The van der Waals surface area contributed by atoms with Gasteiger partial charge >= 0.3 is 5.97 Å². The van der Waals surface area contributed by atoms with E-state index in [0.717, 1.165) is 16.3 Å². The van der Waals surface area contributed by atoms with Crippen LogP contribution in [0.15, 0.2) is 91.0 Å². The number of carbonyl (C=O) groups excluding carboxylic acids is 1. The van der Waals surface area contributed by atoms with E-state index in [1.165, 1.54) is 24.3 Å². The average molecular weight is 458 g/mol. The number of amides is 1. The van der Waals surface area contributed by atoms with Gasteiger partial charge in [-0.1, -0.05) is 72.8 Å². The van der Waals surface area contributed by atoms with Gasteiger partial charge in [-0.2, -0.15) is 0 Å². The minimum Gasteiger partial charge on any atom is -0.492 e. The number of hydrogen-bond donors (Lipinski definition) is 2. The van der Waals surface area contributed by atoms with E-state index in [-0.39, 0.29) is 12.0 Å². The minimum atomic E-state index is -1.18. The van der Waals surface area contributed by atoms with Gasteiger partial charge in [0, 0.05) is 18.2 Å². The summed E-state index contributed by atoms with van der Waals surface area (Å²) < 4.78 is 19.3. The molecule has 4 aromatic carbocycles. The highest BCUT2D eigenvalue weighted by atomic mass is 19.1. The maximum atomic E-state index is 13.2. The molecule has 0 heterocycles. The van der Waals surface area contributed by atoms with E-state index in [9.17, 15) is 19.1 Å². The number of nitrogens with one attached hydrogen (secondary N) is 1. The Morgan fingerprint density at radius 2 is 1.56 bits per heavy atom. The number of ether oxygens (including phenoxy) is 1. The van der Waals surface area contributed by atoms with Crippen LogP contribution in [0.25, 0.3) is 10.8 Å². The summed E-state index contributed by atoms with van der Waals surface area (Å²) in [5, 5.41) is 14.0. The van der Waals surface area contributed by atoms with Crippen molar-refractivity contribution in [1.82, 2.24) is 5.32 Å². The summed E-state index contributed by atoms with van der Waals surface area (Å²) in [6.07, 6.45) is 0.687. The van der Waals surface area contributed by atoms with E-state index in [0.29, 0.717) is 24.3 Å². The molecule has 0 spiro atoms. The van der Waals surface area contributed by atoms with Crippen molar-refractivity contribution in [3.63, 3.8) is 0 Å². The molecule has 0 unspecified atom stereocenters. The zero-order chi connectivity index (χ0) is 23.9. The number of rotatable bonds is 9. The molecule has 0 radical (unpaired) electrons. The average Bonchev–Trinajstić information content (AvgIpc) is 2.85. The molecule has 2 N–H and O–H groups in total. The molecule has 0 bridgehead atoms. The van der Waals surface area contributed by atoms with Crippen molar-refractivity contribution in [2.45, 2.75) is 18.9 Å². The molecule has 172 valence electrons. The molecule has 0 aliphatic rings. The Kier molecular flexibility index (Phi) is 7.18. The predicted molar refractivity (Wildman–Crippen MR) is 129 cm³/mol. The van der Waals surface area contributed by atoms with Gasteiger partial charge in [0.2, 0.25) is 0 Å². The first-order valence-corrected chi connectivity index (χ1v) is 11.0. The first-order chi connectivity index (χ1) is 16.5. The first kappa shape index (κ1) is 23.0. The lowest BCUT2D eigenvalue weighted by Gasteiger charge is -2.18. The molecule has 34 heavy (non-hydrogen) atoms. The van der Waals surface area contributed by atoms with Crippen LogP contribution < -0.4 is 10.1 Å². The van der Waals surface area contributed by atoms with Gasteiger partial charge in [-0.05, 0) is 34.7 Å². The van der Waals surface area contributed by atoms with Crippen molar-refractivity contribution >= 4 is 22.6 Å². The number of carboxylic acid groups (broad SMARTS) is 1. The quantitative estimate of drug-likeness (QED) is 0.370. The van der Waals surface area contributed by atoms with Crippen LogP contribution in [-0.2, 0) is 17.6 Å². The van der Waals surface area contributed by atoms with Crippen LogP contribution in [0, 0.1) is 5.82 Å². The van der Waals surface area contributed by atoms with Crippen molar-refractivity contribution in [3.05, 3.63) is 114 Å². The number of carboxylic acids is 1. The van der Waals surface area contributed by atoms with E-state index in [1.54, 1.807) is 6.07 Å². The third kappa shape index (κ3) is 5.59. The SMILES string of the molecule is O=C(N[C@@H](Cc1ccc(F)cc1)C(=O)O)c1ccc2ccccc2c1OCCc1ccccc1. The number of halogens is 1. The Balaban J connectivity index is 1.57. The fraction of sp³-hybridized carbons (Fsp3) is 0.143. The second-order valence-corrected chi connectivity index (χ2v) is 7.94. The Morgan fingerprint density at radius 3 is 2.29 bits per heavy atom. The van der Waals surface area contributed by atoms with Crippen molar-refractivity contribution in [2.24, 2.45) is 0 Å². The van der Waals surface area contributed by atoms with Crippen molar-refractivity contribution in [3.8, 4) is 5.75 Å². The molecule has 1 amide bonds. The Bertz CT molecular complexity index is 1290. The third-order valence-corrected chi connectivity index (χ3v) is 5.56. The standard InChI is InChI=1S/C28H24FNO4/c29-22-13-10-20(11-14-22)18-25(28(32)33)30-27(31)24-15-12-21-8-4-5-9-23(21)26(24)34-17-16-19-6-2-1-3-7-19/h1-15,25H,16-18H2,(H,30,31)(H,32,33)/t25-/m0/s1. The fourth-order valence-electron chi connectivity index (χ4n) is 3.79. The van der Waals surface area contributed by atoms with Gasteiger partial charge in [0.05, 0.1) is 12.2 Å². The van der Waals surface area contributed by atoms with E-state index in [2.05, 4.69) is 5.32 Å². The summed E-state index contributed by atoms with van der Waals surface area (Å²) in [6.45, 7) is 0.357. The zero-order valence-electron chi connectivity index (χ0n) is 18.4. The molecule has 0 saturated carbocycles. The van der Waals surface area contributed by atoms with Crippen LogP contribution in [0.2, 0.25) is 0 Å². The van der Waals surface area contributed by atoms with Gasteiger partial charge in [-0.15, -0.1) is 0 Å². The van der Waals surface area contributed by atoms with Crippen molar-refractivity contribution < 1.29 is 23.8 Å². The lowest BCUT2D eigenvalue weighted by Crippen LogP contribution is -2.42. The molecule has 6 heteroatoms. The topological polar surface area (TPSA) is 75.6 Å². The van der Waals surface area contributed by atoms with E-state index in [1.807, 2.05) is 60.7 Å². The number of carbonyl (C=O) groups is 2. The molecular weight excluding hydrogens is 433 g/mol. The summed E-state index contributed by atoms with van der Waals surface area (Å²) in [6, 6.07) is 25.3.